The predicted molar refractivity (Wildman–Crippen MR) is 109 cm³/mol. The number of hydrogen-bond donors (Lipinski definition) is 1. The zero-order valence-electron chi connectivity index (χ0n) is 16.6. The van der Waals surface area contributed by atoms with Crippen LogP contribution in [0.3, 0.4) is 0 Å². The summed E-state index contributed by atoms with van der Waals surface area (Å²) in [5.74, 6) is -0.0562. The van der Waals surface area contributed by atoms with Crippen molar-refractivity contribution < 1.29 is 13.2 Å². The van der Waals surface area contributed by atoms with Gasteiger partial charge in [0.15, 0.2) is 0 Å². The molecule has 1 aromatic carbocycles. The van der Waals surface area contributed by atoms with Crippen LogP contribution in [0.5, 0.6) is 0 Å². The van der Waals surface area contributed by atoms with E-state index in [0.717, 1.165) is 19.3 Å². The van der Waals surface area contributed by atoms with Crippen LogP contribution in [-0.2, 0) is 21.4 Å². The van der Waals surface area contributed by atoms with Gasteiger partial charge in [-0.05, 0) is 31.2 Å². The Hall–Kier alpha value is -1.44. The minimum absolute atomic E-state index is 0.0429. The third-order valence-corrected chi connectivity index (χ3v) is 7.26. The maximum Gasteiger partial charge on any atom is 0.281 e. The summed E-state index contributed by atoms with van der Waals surface area (Å²) < 4.78 is 28.7. The molecule has 1 aromatic rings. The van der Waals surface area contributed by atoms with Gasteiger partial charge < -0.3 is 5.32 Å². The van der Waals surface area contributed by atoms with Crippen molar-refractivity contribution in [3.8, 4) is 0 Å². The van der Waals surface area contributed by atoms with Crippen molar-refractivity contribution >= 4 is 16.1 Å². The van der Waals surface area contributed by atoms with E-state index < -0.39 is 10.2 Å². The van der Waals surface area contributed by atoms with Crippen LogP contribution in [0.2, 0.25) is 0 Å². The van der Waals surface area contributed by atoms with E-state index in [0.29, 0.717) is 45.6 Å². The minimum Gasteiger partial charge on any atom is -0.356 e. The lowest BCUT2D eigenvalue weighted by Crippen LogP contribution is -2.49. The summed E-state index contributed by atoms with van der Waals surface area (Å²) in [6, 6.07) is 10.1. The van der Waals surface area contributed by atoms with Crippen LogP contribution in [0.15, 0.2) is 30.3 Å². The van der Waals surface area contributed by atoms with Crippen molar-refractivity contribution in [3.63, 3.8) is 0 Å². The lowest BCUT2D eigenvalue weighted by molar-refractivity contribution is -0.126. The van der Waals surface area contributed by atoms with Crippen LogP contribution in [0.1, 0.15) is 45.1 Å². The monoisotopic (exact) mass is 395 g/mol. The van der Waals surface area contributed by atoms with Crippen molar-refractivity contribution in [2.24, 2.45) is 5.92 Å². The number of nitrogens with one attached hydrogen (secondary N) is 1. The molecule has 0 atom stereocenters. The van der Waals surface area contributed by atoms with Gasteiger partial charge in [0.05, 0.1) is 0 Å². The van der Waals surface area contributed by atoms with Crippen LogP contribution in [0.25, 0.3) is 0 Å². The quantitative estimate of drug-likeness (QED) is 0.661. The Morgan fingerprint density at radius 2 is 1.85 bits per heavy atom. The molecule has 0 radical (unpaired) electrons. The first-order chi connectivity index (χ1) is 13.0. The van der Waals surface area contributed by atoms with Crippen molar-refractivity contribution in [3.05, 3.63) is 35.9 Å². The van der Waals surface area contributed by atoms with Gasteiger partial charge in [-0.1, -0.05) is 50.6 Å². The standard InChI is InChI=1S/C20H33N3O3S/c1-3-5-15-22(4-2)27(25,26)23-16-12-19(13-17-23)20(24)21-14-11-18-9-7-6-8-10-18/h6-10,19H,3-5,11-17H2,1-2H3,(H,21,24). The number of carbonyl (C=O) groups excluding carboxylic acids is 1. The maximum absolute atomic E-state index is 12.8. The molecule has 7 heteroatoms. The zero-order chi connectivity index (χ0) is 19.7. The van der Waals surface area contributed by atoms with E-state index in [-0.39, 0.29) is 11.8 Å². The molecule has 27 heavy (non-hydrogen) atoms. The fraction of sp³-hybridized carbons (Fsp3) is 0.650. The van der Waals surface area contributed by atoms with Gasteiger partial charge in [0, 0.05) is 38.6 Å². The largest absolute Gasteiger partial charge is 0.356 e. The number of hydrogen-bond acceptors (Lipinski definition) is 3. The van der Waals surface area contributed by atoms with E-state index in [4.69, 9.17) is 0 Å². The van der Waals surface area contributed by atoms with E-state index in [9.17, 15) is 13.2 Å². The number of carbonyl (C=O) groups is 1. The molecule has 2 rings (SSSR count). The maximum atomic E-state index is 12.8. The summed E-state index contributed by atoms with van der Waals surface area (Å²) in [6.07, 6.45) is 3.82. The van der Waals surface area contributed by atoms with Gasteiger partial charge in [-0.25, -0.2) is 0 Å². The van der Waals surface area contributed by atoms with Crippen LogP contribution < -0.4 is 5.32 Å². The molecule has 1 aliphatic heterocycles. The Bertz CT molecular complexity index is 671. The second kappa shape index (κ2) is 10.8. The smallest absolute Gasteiger partial charge is 0.281 e. The molecule has 0 bridgehead atoms. The second-order valence-electron chi connectivity index (χ2n) is 7.05. The molecule has 1 amide bonds. The zero-order valence-corrected chi connectivity index (χ0v) is 17.4. The lowest BCUT2D eigenvalue weighted by Gasteiger charge is -2.34. The van der Waals surface area contributed by atoms with Gasteiger partial charge >= 0.3 is 0 Å². The highest BCUT2D eigenvalue weighted by Crippen LogP contribution is 2.22. The summed E-state index contributed by atoms with van der Waals surface area (Å²) >= 11 is 0. The van der Waals surface area contributed by atoms with Gasteiger partial charge in [0.1, 0.15) is 0 Å². The van der Waals surface area contributed by atoms with Gasteiger partial charge in [-0.3, -0.25) is 4.79 Å². The molecule has 0 saturated carbocycles. The third-order valence-electron chi connectivity index (χ3n) is 5.15. The molecule has 1 saturated heterocycles. The number of rotatable bonds is 10. The number of piperidine rings is 1. The second-order valence-corrected chi connectivity index (χ2v) is 8.98. The van der Waals surface area contributed by atoms with Gasteiger partial charge in [0.2, 0.25) is 5.91 Å². The normalized spacial score (nSPS) is 16.6. The minimum atomic E-state index is -3.41. The summed E-state index contributed by atoms with van der Waals surface area (Å²) in [5, 5.41) is 3.00. The molecule has 6 nitrogen and oxygen atoms in total. The molecule has 0 unspecified atom stereocenters. The molecule has 0 spiro atoms. The van der Waals surface area contributed by atoms with E-state index in [1.165, 1.54) is 5.56 Å². The summed E-state index contributed by atoms with van der Waals surface area (Å²) in [7, 11) is -3.41. The van der Waals surface area contributed by atoms with Crippen LogP contribution >= 0.6 is 0 Å². The molecular formula is C20H33N3O3S. The summed E-state index contributed by atoms with van der Waals surface area (Å²) in [5.41, 5.74) is 1.20. The van der Waals surface area contributed by atoms with Crippen LogP contribution in [-0.4, -0.2) is 55.7 Å². The van der Waals surface area contributed by atoms with E-state index in [2.05, 4.69) is 12.2 Å². The Kier molecular flexibility index (Phi) is 8.73. The molecule has 1 fully saturated rings. The molecule has 1 N–H and O–H groups in total. The third kappa shape index (κ3) is 6.30. The number of unbranched alkanes of at least 4 members (excludes halogenated alkanes) is 1. The van der Waals surface area contributed by atoms with E-state index in [1.807, 2.05) is 37.3 Å². The van der Waals surface area contributed by atoms with Gasteiger partial charge in [-0.2, -0.15) is 17.0 Å². The molecular weight excluding hydrogens is 362 g/mol. The molecule has 0 aromatic heterocycles. The van der Waals surface area contributed by atoms with Crippen molar-refractivity contribution in [2.45, 2.75) is 46.0 Å². The predicted octanol–water partition coefficient (Wildman–Crippen LogP) is 2.42. The number of benzene rings is 1. The lowest BCUT2D eigenvalue weighted by atomic mass is 9.97. The average molecular weight is 396 g/mol. The van der Waals surface area contributed by atoms with E-state index >= 15 is 0 Å². The Morgan fingerprint density at radius 3 is 2.44 bits per heavy atom. The molecule has 1 heterocycles. The van der Waals surface area contributed by atoms with Crippen molar-refractivity contribution in [1.82, 2.24) is 13.9 Å². The van der Waals surface area contributed by atoms with Crippen LogP contribution in [0, 0.1) is 5.92 Å². The Balaban J connectivity index is 1.79. The summed E-state index contributed by atoms with van der Waals surface area (Å²) in [6.45, 7) is 6.44. The first-order valence-electron chi connectivity index (χ1n) is 10.1. The van der Waals surface area contributed by atoms with Crippen molar-refractivity contribution in [1.29, 1.82) is 0 Å². The highest BCUT2D eigenvalue weighted by atomic mass is 32.2. The molecule has 152 valence electrons. The fourth-order valence-electron chi connectivity index (χ4n) is 3.40. The number of nitrogens with zero attached hydrogens (tertiary/aromatic N) is 2. The SMILES string of the molecule is CCCCN(CC)S(=O)(=O)N1CCC(C(=O)NCCc2ccccc2)CC1. The number of amides is 1. The Labute approximate surface area is 164 Å². The topological polar surface area (TPSA) is 69.7 Å². The van der Waals surface area contributed by atoms with Crippen molar-refractivity contribution in [2.75, 3.05) is 32.7 Å². The first kappa shape index (κ1) is 21.9. The first-order valence-corrected chi connectivity index (χ1v) is 11.5. The Morgan fingerprint density at radius 1 is 1.19 bits per heavy atom. The summed E-state index contributed by atoms with van der Waals surface area (Å²) in [4.78, 5) is 12.4. The highest BCUT2D eigenvalue weighted by Gasteiger charge is 2.33. The van der Waals surface area contributed by atoms with E-state index in [1.54, 1.807) is 8.61 Å². The average Bonchev–Trinajstić information content (AvgIpc) is 2.69. The van der Waals surface area contributed by atoms with Crippen LogP contribution in [0.4, 0.5) is 0 Å². The molecule has 0 aliphatic carbocycles. The van der Waals surface area contributed by atoms with Gasteiger partial charge in [-0.15, -0.1) is 0 Å². The molecule has 1 aliphatic rings. The fourth-order valence-corrected chi connectivity index (χ4v) is 5.09. The van der Waals surface area contributed by atoms with Gasteiger partial charge in [0.25, 0.3) is 10.2 Å². The highest BCUT2D eigenvalue weighted by molar-refractivity contribution is 7.86.